The Morgan fingerprint density at radius 2 is 2.16 bits per heavy atom. The van der Waals surface area contributed by atoms with Gasteiger partial charge in [0, 0.05) is 38.6 Å². The molecular weight excluding hydrogens is 242 g/mol. The third kappa shape index (κ3) is 5.61. The summed E-state index contributed by atoms with van der Waals surface area (Å²) in [7, 11) is 5.59. The second-order valence-corrected chi connectivity index (χ2v) is 4.72. The Morgan fingerprint density at radius 1 is 1.42 bits per heavy atom. The summed E-state index contributed by atoms with van der Waals surface area (Å²) < 4.78 is 4.97. The summed E-state index contributed by atoms with van der Waals surface area (Å²) in [6, 6.07) is 7.95. The maximum absolute atomic E-state index is 11.7. The molecule has 1 amide bonds. The number of rotatable bonds is 7. The zero-order valence-electron chi connectivity index (χ0n) is 12.1. The summed E-state index contributed by atoms with van der Waals surface area (Å²) in [5, 5.41) is 5.96. The highest BCUT2D eigenvalue weighted by Crippen LogP contribution is 2.16. The molecule has 0 aliphatic carbocycles. The molecule has 1 aromatic carbocycles. The minimum absolute atomic E-state index is 0.0207. The summed E-state index contributed by atoms with van der Waals surface area (Å²) in [5.74, 6) is -0.0418. The molecule has 106 valence electrons. The molecule has 0 fully saturated rings. The topological polar surface area (TPSA) is 53.6 Å². The van der Waals surface area contributed by atoms with Crippen LogP contribution in [0.4, 0.5) is 11.4 Å². The Bertz CT molecular complexity index is 407. The van der Waals surface area contributed by atoms with Crippen LogP contribution < -0.4 is 15.5 Å². The molecule has 1 rings (SSSR count). The number of nitrogens with zero attached hydrogens (tertiary/aromatic N) is 1. The Hall–Kier alpha value is -1.75. The van der Waals surface area contributed by atoms with Gasteiger partial charge in [0.05, 0.1) is 13.2 Å². The molecule has 0 aliphatic rings. The maximum atomic E-state index is 11.7. The van der Waals surface area contributed by atoms with E-state index in [9.17, 15) is 4.79 Å². The van der Waals surface area contributed by atoms with Gasteiger partial charge < -0.3 is 20.3 Å². The van der Waals surface area contributed by atoms with Crippen LogP contribution in [0.1, 0.15) is 6.92 Å². The SMILES string of the molecule is COCC(C)NC(=O)CNc1cccc(N(C)C)c1. The van der Waals surface area contributed by atoms with Crippen LogP contribution in [0.25, 0.3) is 0 Å². The highest BCUT2D eigenvalue weighted by atomic mass is 16.5. The van der Waals surface area contributed by atoms with Crippen molar-refractivity contribution in [3.8, 4) is 0 Å². The first-order chi connectivity index (χ1) is 9.02. The zero-order valence-corrected chi connectivity index (χ0v) is 12.1. The quantitative estimate of drug-likeness (QED) is 0.780. The second-order valence-electron chi connectivity index (χ2n) is 4.72. The first-order valence-corrected chi connectivity index (χ1v) is 6.32. The molecule has 0 saturated carbocycles. The molecule has 0 aliphatic heterocycles. The molecule has 0 spiro atoms. The Balaban J connectivity index is 2.43. The minimum atomic E-state index is -0.0418. The molecule has 0 aromatic heterocycles. The fourth-order valence-electron chi connectivity index (χ4n) is 1.69. The van der Waals surface area contributed by atoms with E-state index in [0.29, 0.717) is 6.61 Å². The van der Waals surface area contributed by atoms with Crippen molar-refractivity contribution in [3.05, 3.63) is 24.3 Å². The standard InChI is InChI=1S/C14H23N3O2/c1-11(10-19-4)16-14(18)9-15-12-6-5-7-13(8-12)17(2)3/h5-8,11,15H,9-10H2,1-4H3,(H,16,18). The number of hydrogen-bond acceptors (Lipinski definition) is 4. The average Bonchev–Trinajstić information content (AvgIpc) is 2.37. The van der Waals surface area contributed by atoms with Crippen molar-refractivity contribution in [2.45, 2.75) is 13.0 Å². The van der Waals surface area contributed by atoms with Gasteiger partial charge in [-0.25, -0.2) is 0 Å². The molecule has 5 heteroatoms. The average molecular weight is 265 g/mol. The van der Waals surface area contributed by atoms with Crippen molar-refractivity contribution in [1.82, 2.24) is 5.32 Å². The molecule has 0 heterocycles. The lowest BCUT2D eigenvalue weighted by atomic mass is 10.2. The van der Waals surface area contributed by atoms with Gasteiger partial charge in [0.25, 0.3) is 0 Å². The second kappa shape index (κ2) is 7.63. The van der Waals surface area contributed by atoms with Crippen LogP contribution >= 0.6 is 0 Å². The van der Waals surface area contributed by atoms with E-state index >= 15 is 0 Å². The third-order valence-corrected chi connectivity index (χ3v) is 2.64. The molecule has 0 saturated heterocycles. The Labute approximate surface area is 114 Å². The number of nitrogens with one attached hydrogen (secondary N) is 2. The monoisotopic (exact) mass is 265 g/mol. The van der Waals surface area contributed by atoms with E-state index in [1.165, 1.54) is 0 Å². The summed E-state index contributed by atoms with van der Waals surface area (Å²) >= 11 is 0. The highest BCUT2D eigenvalue weighted by Gasteiger charge is 2.06. The van der Waals surface area contributed by atoms with Crippen LogP contribution in [0.15, 0.2) is 24.3 Å². The number of amides is 1. The van der Waals surface area contributed by atoms with Gasteiger partial charge in [0.2, 0.25) is 5.91 Å². The summed E-state index contributed by atoms with van der Waals surface area (Å²) in [6.45, 7) is 2.68. The van der Waals surface area contributed by atoms with Gasteiger partial charge in [0.15, 0.2) is 0 Å². The number of carbonyl (C=O) groups is 1. The summed E-state index contributed by atoms with van der Waals surface area (Å²) in [5.41, 5.74) is 2.03. The number of carbonyl (C=O) groups excluding carboxylic acids is 1. The molecule has 0 bridgehead atoms. The zero-order chi connectivity index (χ0) is 14.3. The van der Waals surface area contributed by atoms with Gasteiger partial charge >= 0.3 is 0 Å². The molecule has 1 unspecified atom stereocenters. The third-order valence-electron chi connectivity index (χ3n) is 2.64. The van der Waals surface area contributed by atoms with Gasteiger partial charge in [-0.3, -0.25) is 4.79 Å². The highest BCUT2D eigenvalue weighted by molar-refractivity contribution is 5.81. The van der Waals surface area contributed by atoms with Crippen LogP contribution in [0.3, 0.4) is 0 Å². The number of methoxy groups -OCH3 is 1. The van der Waals surface area contributed by atoms with E-state index in [1.54, 1.807) is 7.11 Å². The molecule has 0 radical (unpaired) electrons. The van der Waals surface area contributed by atoms with Gasteiger partial charge in [-0.15, -0.1) is 0 Å². The van der Waals surface area contributed by atoms with Crippen LogP contribution in [-0.4, -0.2) is 46.3 Å². The molecule has 5 nitrogen and oxygen atoms in total. The van der Waals surface area contributed by atoms with Crippen molar-refractivity contribution in [2.75, 3.05) is 44.6 Å². The lowest BCUT2D eigenvalue weighted by molar-refractivity contribution is -0.120. The van der Waals surface area contributed by atoms with Crippen molar-refractivity contribution in [1.29, 1.82) is 0 Å². The van der Waals surface area contributed by atoms with Crippen molar-refractivity contribution in [2.24, 2.45) is 0 Å². The van der Waals surface area contributed by atoms with Crippen LogP contribution in [0, 0.1) is 0 Å². The Morgan fingerprint density at radius 3 is 2.79 bits per heavy atom. The Kier molecular flexibility index (Phi) is 6.15. The van der Waals surface area contributed by atoms with Crippen molar-refractivity contribution in [3.63, 3.8) is 0 Å². The number of benzene rings is 1. The number of anilines is 2. The molecule has 2 N–H and O–H groups in total. The van der Waals surface area contributed by atoms with Gasteiger partial charge in [-0.2, -0.15) is 0 Å². The minimum Gasteiger partial charge on any atom is -0.383 e. The molecular formula is C14H23N3O2. The van der Waals surface area contributed by atoms with E-state index in [-0.39, 0.29) is 18.5 Å². The normalized spacial score (nSPS) is 11.8. The van der Waals surface area contributed by atoms with E-state index in [1.807, 2.05) is 50.2 Å². The largest absolute Gasteiger partial charge is 0.383 e. The first kappa shape index (κ1) is 15.3. The smallest absolute Gasteiger partial charge is 0.239 e. The van der Waals surface area contributed by atoms with Crippen molar-refractivity contribution >= 4 is 17.3 Å². The molecule has 1 aromatic rings. The lowest BCUT2D eigenvalue weighted by Crippen LogP contribution is -2.39. The number of hydrogen-bond donors (Lipinski definition) is 2. The number of ether oxygens (including phenoxy) is 1. The lowest BCUT2D eigenvalue weighted by Gasteiger charge is -2.15. The predicted octanol–water partition coefficient (Wildman–Crippen LogP) is 1.32. The summed E-state index contributed by atoms with van der Waals surface area (Å²) in [6.07, 6.45) is 0. The molecule has 19 heavy (non-hydrogen) atoms. The first-order valence-electron chi connectivity index (χ1n) is 6.32. The van der Waals surface area contributed by atoms with E-state index < -0.39 is 0 Å². The van der Waals surface area contributed by atoms with Crippen molar-refractivity contribution < 1.29 is 9.53 Å². The van der Waals surface area contributed by atoms with Crippen LogP contribution in [-0.2, 0) is 9.53 Å². The van der Waals surface area contributed by atoms with Crippen LogP contribution in [0.5, 0.6) is 0 Å². The fourth-order valence-corrected chi connectivity index (χ4v) is 1.69. The van der Waals surface area contributed by atoms with E-state index in [4.69, 9.17) is 4.74 Å². The predicted molar refractivity (Wildman–Crippen MR) is 78.7 cm³/mol. The van der Waals surface area contributed by atoms with E-state index in [0.717, 1.165) is 11.4 Å². The van der Waals surface area contributed by atoms with Gasteiger partial charge in [0.1, 0.15) is 0 Å². The van der Waals surface area contributed by atoms with Gasteiger partial charge in [-0.1, -0.05) is 6.07 Å². The van der Waals surface area contributed by atoms with Crippen LogP contribution in [0.2, 0.25) is 0 Å². The summed E-state index contributed by atoms with van der Waals surface area (Å²) in [4.78, 5) is 13.7. The maximum Gasteiger partial charge on any atom is 0.239 e. The fraction of sp³-hybridized carbons (Fsp3) is 0.500. The van der Waals surface area contributed by atoms with Gasteiger partial charge in [-0.05, 0) is 25.1 Å². The van der Waals surface area contributed by atoms with E-state index in [2.05, 4.69) is 10.6 Å². The molecule has 1 atom stereocenters.